The maximum absolute atomic E-state index is 5.92. The molecule has 0 saturated carbocycles. The van der Waals surface area contributed by atoms with Crippen LogP contribution in [0.15, 0.2) is 24.4 Å². The van der Waals surface area contributed by atoms with Gasteiger partial charge in [0.15, 0.2) is 0 Å². The fraction of sp³-hybridized carbons (Fsp3) is 0.643. The van der Waals surface area contributed by atoms with Crippen LogP contribution in [0, 0.1) is 0 Å². The summed E-state index contributed by atoms with van der Waals surface area (Å²) in [6.07, 6.45) is 3.00. The molecule has 1 rings (SSSR count). The minimum atomic E-state index is 0.235. The van der Waals surface area contributed by atoms with Crippen LogP contribution in [0.1, 0.15) is 25.1 Å². The van der Waals surface area contributed by atoms with E-state index in [1.54, 1.807) is 0 Å². The van der Waals surface area contributed by atoms with Crippen molar-refractivity contribution < 1.29 is 0 Å². The Kier molecular flexibility index (Phi) is 6.86. The largest absolute Gasteiger partial charge is 0.329 e. The van der Waals surface area contributed by atoms with Crippen molar-refractivity contribution in [3.8, 4) is 0 Å². The van der Waals surface area contributed by atoms with Crippen LogP contribution in [0.2, 0.25) is 0 Å². The minimum Gasteiger partial charge on any atom is -0.329 e. The molecule has 1 unspecified atom stereocenters. The molecule has 102 valence electrons. The SMILES string of the molecule is CCN(CCCN(C)C)C(CN)c1ccccn1. The second-order valence-electron chi connectivity index (χ2n) is 4.79. The van der Waals surface area contributed by atoms with E-state index in [9.17, 15) is 0 Å². The molecular weight excluding hydrogens is 224 g/mol. The molecule has 18 heavy (non-hydrogen) atoms. The van der Waals surface area contributed by atoms with E-state index in [1.807, 2.05) is 18.3 Å². The van der Waals surface area contributed by atoms with E-state index in [-0.39, 0.29) is 6.04 Å². The Labute approximate surface area is 111 Å². The summed E-state index contributed by atoms with van der Waals surface area (Å²) in [5.74, 6) is 0. The van der Waals surface area contributed by atoms with E-state index in [0.717, 1.165) is 31.7 Å². The molecule has 0 spiro atoms. The van der Waals surface area contributed by atoms with Crippen LogP contribution in [0.3, 0.4) is 0 Å². The van der Waals surface area contributed by atoms with Crippen LogP contribution in [-0.2, 0) is 0 Å². The first-order valence-corrected chi connectivity index (χ1v) is 6.68. The summed E-state index contributed by atoms with van der Waals surface area (Å²) < 4.78 is 0. The number of aromatic nitrogens is 1. The first kappa shape index (κ1) is 15.1. The summed E-state index contributed by atoms with van der Waals surface area (Å²) in [7, 11) is 4.21. The van der Waals surface area contributed by atoms with E-state index in [2.05, 4.69) is 41.9 Å². The van der Waals surface area contributed by atoms with Crippen LogP contribution in [0.4, 0.5) is 0 Å². The lowest BCUT2D eigenvalue weighted by molar-refractivity contribution is 0.198. The summed E-state index contributed by atoms with van der Waals surface area (Å²) in [6, 6.07) is 6.27. The number of rotatable bonds is 8. The third kappa shape index (κ3) is 4.72. The van der Waals surface area contributed by atoms with Gasteiger partial charge in [0.05, 0.1) is 11.7 Å². The topological polar surface area (TPSA) is 45.4 Å². The first-order valence-electron chi connectivity index (χ1n) is 6.68. The van der Waals surface area contributed by atoms with Crippen molar-refractivity contribution in [1.82, 2.24) is 14.8 Å². The highest BCUT2D eigenvalue weighted by atomic mass is 15.2. The molecule has 0 aliphatic heterocycles. The van der Waals surface area contributed by atoms with Crippen molar-refractivity contribution >= 4 is 0 Å². The normalized spacial score (nSPS) is 13.2. The van der Waals surface area contributed by atoms with E-state index < -0.39 is 0 Å². The molecule has 0 aliphatic rings. The van der Waals surface area contributed by atoms with Crippen molar-refractivity contribution in [1.29, 1.82) is 0 Å². The molecule has 0 bridgehead atoms. The lowest BCUT2D eigenvalue weighted by Gasteiger charge is -2.29. The standard InChI is InChI=1S/C14H26N4/c1-4-18(11-7-10-17(2)3)14(12-15)13-8-5-6-9-16-13/h5-6,8-9,14H,4,7,10-12,15H2,1-3H3. The molecule has 1 aromatic heterocycles. The van der Waals surface area contributed by atoms with Gasteiger partial charge in [0.2, 0.25) is 0 Å². The van der Waals surface area contributed by atoms with Crippen molar-refractivity contribution in [2.24, 2.45) is 5.73 Å². The molecule has 1 heterocycles. The van der Waals surface area contributed by atoms with Gasteiger partial charge < -0.3 is 10.6 Å². The Morgan fingerprint density at radius 3 is 2.56 bits per heavy atom. The van der Waals surface area contributed by atoms with Crippen LogP contribution in [-0.4, -0.2) is 55.1 Å². The lowest BCUT2D eigenvalue weighted by Crippen LogP contribution is -2.36. The van der Waals surface area contributed by atoms with Crippen molar-refractivity contribution in [2.75, 3.05) is 40.3 Å². The van der Waals surface area contributed by atoms with Crippen LogP contribution >= 0.6 is 0 Å². The zero-order chi connectivity index (χ0) is 13.4. The molecule has 2 N–H and O–H groups in total. The fourth-order valence-electron chi connectivity index (χ4n) is 2.15. The lowest BCUT2D eigenvalue weighted by atomic mass is 10.1. The third-order valence-electron chi connectivity index (χ3n) is 3.15. The Bertz CT molecular complexity index is 313. The first-order chi connectivity index (χ1) is 8.69. The van der Waals surface area contributed by atoms with E-state index >= 15 is 0 Å². The number of nitrogens with two attached hydrogens (primary N) is 1. The van der Waals surface area contributed by atoms with E-state index in [1.165, 1.54) is 0 Å². The highest BCUT2D eigenvalue weighted by Gasteiger charge is 2.18. The molecule has 0 amide bonds. The van der Waals surface area contributed by atoms with Gasteiger partial charge in [-0.2, -0.15) is 0 Å². The van der Waals surface area contributed by atoms with E-state index in [0.29, 0.717) is 6.54 Å². The molecule has 0 fully saturated rings. The fourth-order valence-corrected chi connectivity index (χ4v) is 2.15. The predicted molar refractivity (Wildman–Crippen MR) is 76.5 cm³/mol. The molecule has 0 aromatic carbocycles. The molecule has 4 heteroatoms. The van der Waals surface area contributed by atoms with Crippen LogP contribution in [0.25, 0.3) is 0 Å². The monoisotopic (exact) mass is 250 g/mol. The maximum atomic E-state index is 5.92. The Morgan fingerprint density at radius 1 is 1.28 bits per heavy atom. The van der Waals surface area contributed by atoms with Gasteiger partial charge in [-0.25, -0.2) is 0 Å². The summed E-state index contributed by atoms with van der Waals surface area (Å²) >= 11 is 0. The smallest absolute Gasteiger partial charge is 0.0644 e. The summed E-state index contributed by atoms with van der Waals surface area (Å²) in [5.41, 5.74) is 7.00. The van der Waals surface area contributed by atoms with E-state index in [4.69, 9.17) is 5.73 Å². The zero-order valence-corrected chi connectivity index (χ0v) is 11.8. The summed E-state index contributed by atoms with van der Waals surface area (Å²) in [5, 5.41) is 0. The van der Waals surface area contributed by atoms with Crippen LogP contribution < -0.4 is 5.73 Å². The molecule has 1 atom stereocenters. The second-order valence-corrected chi connectivity index (χ2v) is 4.79. The number of hydrogen-bond donors (Lipinski definition) is 1. The Balaban J connectivity index is 2.60. The molecular formula is C14H26N4. The van der Waals surface area contributed by atoms with Gasteiger partial charge in [-0.05, 0) is 45.7 Å². The quantitative estimate of drug-likeness (QED) is 0.756. The predicted octanol–water partition coefficient (Wildman–Crippen LogP) is 1.35. The van der Waals surface area contributed by atoms with Gasteiger partial charge in [-0.1, -0.05) is 13.0 Å². The highest BCUT2D eigenvalue weighted by Crippen LogP contribution is 2.17. The molecule has 0 saturated heterocycles. The molecule has 4 nitrogen and oxygen atoms in total. The average Bonchev–Trinajstić information content (AvgIpc) is 2.38. The van der Waals surface area contributed by atoms with Crippen molar-refractivity contribution in [3.63, 3.8) is 0 Å². The average molecular weight is 250 g/mol. The number of pyridine rings is 1. The minimum absolute atomic E-state index is 0.235. The van der Waals surface area contributed by atoms with Gasteiger partial charge >= 0.3 is 0 Å². The Morgan fingerprint density at radius 2 is 2.06 bits per heavy atom. The number of hydrogen-bond acceptors (Lipinski definition) is 4. The molecule has 1 aromatic rings. The molecule has 0 aliphatic carbocycles. The van der Waals surface area contributed by atoms with Gasteiger partial charge in [-0.15, -0.1) is 0 Å². The Hall–Kier alpha value is -0.970. The second kappa shape index (κ2) is 8.19. The summed E-state index contributed by atoms with van der Waals surface area (Å²) in [6.45, 7) is 5.98. The number of nitrogens with zero attached hydrogens (tertiary/aromatic N) is 3. The third-order valence-corrected chi connectivity index (χ3v) is 3.15. The zero-order valence-electron chi connectivity index (χ0n) is 11.8. The van der Waals surface area contributed by atoms with Crippen molar-refractivity contribution in [3.05, 3.63) is 30.1 Å². The highest BCUT2D eigenvalue weighted by molar-refractivity contribution is 5.09. The van der Waals surface area contributed by atoms with Gasteiger partial charge in [0.1, 0.15) is 0 Å². The van der Waals surface area contributed by atoms with Crippen molar-refractivity contribution in [2.45, 2.75) is 19.4 Å². The van der Waals surface area contributed by atoms with Gasteiger partial charge in [-0.3, -0.25) is 9.88 Å². The maximum Gasteiger partial charge on any atom is 0.0644 e. The summed E-state index contributed by atoms with van der Waals surface area (Å²) in [4.78, 5) is 9.05. The van der Waals surface area contributed by atoms with Crippen LogP contribution in [0.5, 0.6) is 0 Å². The number of likely N-dealkylation sites (N-methyl/N-ethyl adjacent to an activating group) is 1. The van der Waals surface area contributed by atoms with Gasteiger partial charge in [0.25, 0.3) is 0 Å². The molecule has 0 radical (unpaired) electrons. The van der Waals surface area contributed by atoms with Gasteiger partial charge in [0, 0.05) is 19.3 Å².